The summed E-state index contributed by atoms with van der Waals surface area (Å²) < 4.78 is 5.17. The molecule has 1 N–H and O–H groups in total. The lowest BCUT2D eigenvalue weighted by atomic mass is 10.1. The van der Waals surface area contributed by atoms with E-state index >= 15 is 0 Å². The Bertz CT molecular complexity index is 433. The van der Waals surface area contributed by atoms with Crippen LogP contribution in [0.15, 0.2) is 12.4 Å². The van der Waals surface area contributed by atoms with E-state index in [-0.39, 0.29) is 0 Å². The molecule has 2 rings (SSSR count). The maximum Gasteiger partial charge on any atom is 0.334 e. The molecule has 1 aliphatic rings. The molecule has 104 valence electrons. The lowest BCUT2D eigenvalue weighted by Crippen LogP contribution is -2.46. The predicted molar refractivity (Wildman–Crippen MR) is 70.2 cm³/mol. The van der Waals surface area contributed by atoms with Gasteiger partial charge in [0.05, 0.1) is 13.2 Å². The Morgan fingerprint density at radius 2 is 2.21 bits per heavy atom. The lowest BCUT2D eigenvalue weighted by Gasteiger charge is -2.30. The second-order valence-electron chi connectivity index (χ2n) is 5.13. The van der Waals surface area contributed by atoms with Crippen LogP contribution in [-0.2, 0) is 16.0 Å². The molecule has 0 spiro atoms. The third kappa shape index (κ3) is 3.64. The smallest absolute Gasteiger partial charge is 0.334 e. The van der Waals surface area contributed by atoms with Crippen molar-refractivity contribution in [3.63, 3.8) is 0 Å². The van der Waals surface area contributed by atoms with Crippen molar-refractivity contribution in [1.29, 1.82) is 0 Å². The third-order valence-electron chi connectivity index (χ3n) is 2.96. The second kappa shape index (κ2) is 5.97. The highest BCUT2D eigenvalue weighted by atomic mass is 16.5. The summed E-state index contributed by atoms with van der Waals surface area (Å²) in [7, 11) is 0. The summed E-state index contributed by atoms with van der Waals surface area (Å²) in [6, 6.07) is 0. The minimum absolute atomic E-state index is 0.291. The Balaban J connectivity index is 2.03. The maximum atomic E-state index is 10.9. The van der Waals surface area contributed by atoms with E-state index in [9.17, 15) is 4.79 Å². The highest BCUT2D eigenvalue weighted by Gasteiger charge is 2.27. The molecule has 1 unspecified atom stereocenters. The van der Waals surface area contributed by atoms with Gasteiger partial charge in [-0.25, -0.2) is 14.8 Å². The van der Waals surface area contributed by atoms with Gasteiger partial charge in [-0.1, -0.05) is 13.8 Å². The van der Waals surface area contributed by atoms with Crippen molar-refractivity contribution in [3.8, 4) is 0 Å². The summed E-state index contributed by atoms with van der Waals surface area (Å²) in [5.41, 5.74) is 1.10. The summed E-state index contributed by atoms with van der Waals surface area (Å²) in [6.07, 6.45) is 3.77. The number of carboxylic acid groups (broad SMARTS) is 1. The van der Waals surface area contributed by atoms with Crippen molar-refractivity contribution in [2.24, 2.45) is 5.92 Å². The molecule has 0 aromatic carbocycles. The van der Waals surface area contributed by atoms with Gasteiger partial charge in [0.25, 0.3) is 0 Å². The normalized spacial score (nSPS) is 19.7. The Labute approximate surface area is 112 Å². The molecule has 1 aromatic rings. The number of hydrogen-bond acceptors (Lipinski definition) is 5. The molecule has 19 heavy (non-hydrogen) atoms. The zero-order chi connectivity index (χ0) is 13.8. The zero-order valence-electron chi connectivity index (χ0n) is 11.2. The zero-order valence-corrected chi connectivity index (χ0v) is 11.2. The van der Waals surface area contributed by atoms with Gasteiger partial charge in [0.1, 0.15) is 0 Å². The first-order chi connectivity index (χ1) is 9.06. The molecule has 0 saturated carbocycles. The van der Waals surface area contributed by atoms with E-state index in [1.807, 2.05) is 17.3 Å². The van der Waals surface area contributed by atoms with Crippen LogP contribution >= 0.6 is 0 Å². The van der Waals surface area contributed by atoms with Crippen LogP contribution in [0.4, 0.5) is 5.95 Å². The Morgan fingerprint density at radius 3 is 2.79 bits per heavy atom. The Kier molecular flexibility index (Phi) is 4.31. The molecule has 6 nitrogen and oxygen atoms in total. The Morgan fingerprint density at radius 1 is 1.53 bits per heavy atom. The number of aromatic nitrogens is 2. The first-order valence-electron chi connectivity index (χ1n) is 6.46. The van der Waals surface area contributed by atoms with Crippen LogP contribution in [0.2, 0.25) is 0 Å². The summed E-state index contributed by atoms with van der Waals surface area (Å²) in [4.78, 5) is 21.4. The molecule has 0 bridgehead atoms. The number of rotatable bonds is 4. The standard InChI is InChI=1S/C13H19N3O3/c1-9(2)5-10-6-14-13(15-7-10)16-3-4-19-11(8-16)12(17)18/h6-7,9,11H,3-5,8H2,1-2H3,(H,17,18). The van der Waals surface area contributed by atoms with Crippen molar-refractivity contribution >= 4 is 11.9 Å². The van der Waals surface area contributed by atoms with Crippen LogP contribution in [0.25, 0.3) is 0 Å². The molecule has 0 aliphatic carbocycles. The molecular weight excluding hydrogens is 246 g/mol. The molecule has 0 amide bonds. The number of morpholine rings is 1. The average Bonchev–Trinajstić information content (AvgIpc) is 2.39. The van der Waals surface area contributed by atoms with Gasteiger partial charge in [-0.2, -0.15) is 0 Å². The van der Waals surface area contributed by atoms with Gasteiger partial charge in [0.15, 0.2) is 6.10 Å². The van der Waals surface area contributed by atoms with E-state index in [0.29, 0.717) is 31.6 Å². The fourth-order valence-corrected chi connectivity index (χ4v) is 2.07. The van der Waals surface area contributed by atoms with Gasteiger partial charge < -0.3 is 14.7 Å². The number of nitrogens with zero attached hydrogens (tertiary/aromatic N) is 3. The van der Waals surface area contributed by atoms with E-state index in [1.165, 1.54) is 0 Å². The van der Waals surface area contributed by atoms with Crippen molar-refractivity contribution in [2.45, 2.75) is 26.4 Å². The van der Waals surface area contributed by atoms with Gasteiger partial charge >= 0.3 is 5.97 Å². The first kappa shape index (κ1) is 13.7. The lowest BCUT2D eigenvalue weighted by molar-refractivity contribution is -0.150. The van der Waals surface area contributed by atoms with Gasteiger partial charge in [-0.05, 0) is 17.9 Å². The number of ether oxygens (including phenoxy) is 1. The molecular formula is C13H19N3O3. The van der Waals surface area contributed by atoms with Crippen LogP contribution in [0.1, 0.15) is 19.4 Å². The quantitative estimate of drug-likeness (QED) is 0.874. The Hall–Kier alpha value is -1.69. The molecule has 6 heteroatoms. The monoisotopic (exact) mass is 265 g/mol. The first-order valence-corrected chi connectivity index (χ1v) is 6.46. The van der Waals surface area contributed by atoms with Gasteiger partial charge in [0, 0.05) is 18.9 Å². The number of carboxylic acids is 1. The summed E-state index contributed by atoms with van der Waals surface area (Å²) in [6.45, 7) is 5.58. The molecule has 2 heterocycles. The maximum absolute atomic E-state index is 10.9. The molecule has 1 aliphatic heterocycles. The molecule has 1 fully saturated rings. The van der Waals surface area contributed by atoms with Crippen LogP contribution in [-0.4, -0.2) is 46.8 Å². The van der Waals surface area contributed by atoms with Crippen molar-refractivity contribution in [3.05, 3.63) is 18.0 Å². The fraction of sp³-hybridized carbons (Fsp3) is 0.615. The van der Waals surface area contributed by atoms with Gasteiger partial charge in [-0.3, -0.25) is 0 Å². The number of carbonyl (C=O) groups is 1. The number of hydrogen-bond donors (Lipinski definition) is 1. The highest BCUT2D eigenvalue weighted by Crippen LogP contribution is 2.14. The highest BCUT2D eigenvalue weighted by molar-refractivity contribution is 5.73. The van der Waals surface area contributed by atoms with E-state index < -0.39 is 12.1 Å². The summed E-state index contributed by atoms with van der Waals surface area (Å²) >= 11 is 0. The van der Waals surface area contributed by atoms with E-state index in [4.69, 9.17) is 9.84 Å². The SMILES string of the molecule is CC(C)Cc1cnc(N2CCOC(C(=O)O)C2)nc1. The number of anilines is 1. The van der Waals surface area contributed by atoms with Crippen LogP contribution in [0.5, 0.6) is 0 Å². The average molecular weight is 265 g/mol. The van der Waals surface area contributed by atoms with Crippen LogP contribution in [0, 0.1) is 5.92 Å². The van der Waals surface area contributed by atoms with E-state index in [1.54, 1.807) is 0 Å². The largest absolute Gasteiger partial charge is 0.479 e. The van der Waals surface area contributed by atoms with E-state index in [2.05, 4.69) is 23.8 Å². The minimum Gasteiger partial charge on any atom is -0.479 e. The molecule has 1 atom stereocenters. The second-order valence-corrected chi connectivity index (χ2v) is 5.13. The fourth-order valence-electron chi connectivity index (χ4n) is 2.07. The number of aliphatic carboxylic acids is 1. The molecule has 1 saturated heterocycles. The van der Waals surface area contributed by atoms with Crippen LogP contribution in [0.3, 0.4) is 0 Å². The minimum atomic E-state index is -0.943. The van der Waals surface area contributed by atoms with Crippen molar-refractivity contribution < 1.29 is 14.6 Å². The summed E-state index contributed by atoms with van der Waals surface area (Å²) in [5.74, 6) is 0.192. The topological polar surface area (TPSA) is 75.6 Å². The predicted octanol–water partition coefficient (Wildman–Crippen LogP) is 0.965. The summed E-state index contributed by atoms with van der Waals surface area (Å²) in [5, 5.41) is 8.95. The van der Waals surface area contributed by atoms with Crippen molar-refractivity contribution in [1.82, 2.24) is 9.97 Å². The van der Waals surface area contributed by atoms with Gasteiger partial charge in [0.2, 0.25) is 5.95 Å². The van der Waals surface area contributed by atoms with Crippen LogP contribution < -0.4 is 4.90 Å². The van der Waals surface area contributed by atoms with E-state index in [0.717, 1.165) is 12.0 Å². The van der Waals surface area contributed by atoms with Crippen molar-refractivity contribution in [2.75, 3.05) is 24.6 Å². The van der Waals surface area contributed by atoms with Gasteiger partial charge in [-0.15, -0.1) is 0 Å². The molecule has 1 aromatic heterocycles. The third-order valence-corrected chi connectivity index (χ3v) is 2.96. The molecule has 0 radical (unpaired) electrons.